The summed E-state index contributed by atoms with van der Waals surface area (Å²) in [5.74, 6) is 5.96. The smallest absolute Gasteiger partial charge is 0.201 e. The van der Waals surface area contributed by atoms with Gasteiger partial charge in [0.1, 0.15) is 5.82 Å². The highest BCUT2D eigenvalue weighted by Gasteiger charge is 2.01. The number of benzene rings is 1. The van der Waals surface area contributed by atoms with E-state index in [2.05, 4.69) is 27.1 Å². The van der Waals surface area contributed by atoms with Crippen molar-refractivity contribution in [3.05, 3.63) is 24.0 Å². The number of imidazole rings is 1. The van der Waals surface area contributed by atoms with Gasteiger partial charge in [-0.05, 0) is 25.1 Å². The van der Waals surface area contributed by atoms with Crippen LogP contribution in [-0.4, -0.2) is 16.5 Å². The predicted molar refractivity (Wildman–Crippen MR) is 58.0 cm³/mol. The van der Waals surface area contributed by atoms with Gasteiger partial charge in [-0.1, -0.05) is 5.92 Å². The average Bonchev–Trinajstić information content (AvgIpc) is 2.60. The number of fused-ring (bicyclic) bond motifs is 1. The first-order valence-corrected chi connectivity index (χ1v) is 4.58. The van der Waals surface area contributed by atoms with Crippen LogP contribution in [0.2, 0.25) is 0 Å². The van der Waals surface area contributed by atoms with Gasteiger partial charge in [0.25, 0.3) is 0 Å². The lowest BCUT2D eigenvalue weighted by Gasteiger charge is -1.93. The van der Waals surface area contributed by atoms with Gasteiger partial charge < -0.3 is 10.3 Å². The number of nitrogens with one attached hydrogen (secondary N) is 2. The molecule has 1 aromatic carbocycles. The minimum atomic E-state index is -0.272. The summed E-state index contributed by atoms with van der Waals surface area (Å²) in [7, 11) is 0. The minimum Gasteiger partial charge on any atom is -0.345 e. The van der Waals surface area contributed by atoms with E-state index in [0.717, 1.165) is 5.52 Å². The highest BCUT2D eigenvalue weighted by atomic mass is 19.1. The van der Waals surface area contributed by atoms with Gasteiger partial charge in [-0.15, -0.1) is 5.92 Å². The number of aromatic amines is 1. The molecule has 0 atom stereocenters. The van der Waals surface area contributed by atoms with E-state index in [0.29, 0.717) is 18.0 Å². The summed E-state index contributed by atoms with van der Waals surface area (Å²) < 4.78 is 12.9. The van der Waals surface area contributed by atoms with Gasteiger partial charge >= 0.3 is 0 Å². The summed E-state index contributed by atoms with van der Waals surface area (Å²) in [6.07, 6.45) is 0. The molecule has 3 nitrogen and oxygen atoms in total. The monoisotopic (exact) mass is 203 g/mol. The molecule has 1 heterocycles. The van der Waals surface area contributed by atoms with Gasteiger partial charge in [0, 0.05) is 0 Å². The third-order valence-electron chi connectivity index (χ3n) is 1.96. The zero-order valence-corrected chi connectivity index (χ0v) is 8.26. The van der Waals surface area contributed by atoms with E-state index >= 15 is 0 Å². The standard InChI is InChI=1S/C11H10FN3/c1-2-3-6-13-11-14-9-5-4-8(12)7-10(9)15-11/h4-5,7H,6H2,1H3,(H2,13,14,15). The summed E-state index contributed by atoms with van der Waals surface area (Å²) in [5, 5.41) is 2.99. The largest absolute Gasteiger partial charge is 0.345 e. The first-order chi connectivity index (χ1) is 7.29. The zero-order chi connectivity index (χ0) is 10.7. The van der Waals surface area contributed by atoms with Crippen molar-refractivity contribution >= 4 is 17.0 Å². The van der Waals surface area contributed by atoms with Crippen molar-refractivity contribution in [2.75, 3.05) is 11.9 Å². The Labute approximate surface area is 86.7 Å². The summed E-state index contributed by atoms with van der Waals surface area (Å²) in [4.78, 5) is 7.19. The molecule has 0 saturated heterocycles. The van der Waals surface area contributed by atoms with Gasteiger partial charge in [0.2, 0.25) is 5.95 Å². The predicted octanol–water partition coefficient (Wildman–Crippen LogP) is 2.14. The van der Waals surface area contributed by atoms with Crippen molar-refractivity contribution in [3.63, 3.8) is 0 Å². The molecule has 0 bridgehead atoms. The van der Waals surface area contributed by atoms with E-state index in [1.807, 2.05) is 0 Å². The van der Waals surface area contributed by atoms with Gasteiger partial charge in [-0.25, -0.2) is 9.37 Å². The minimum absolute atomic E-state index is 0.272. The molecule has 2 aromatic rings. The Morgan fingerprint density at radius 3 is 3.20 bits per heavy atom. The molecule has 1 aromatic heterocycles. The van der Waals surface area contributed by atoms with Crippen molar-refractivity contribution < 1.29 is 4.39 Å². The van der Waals surface area contributed by atoms with E-state index in [9.17, 15) is 4.39 Å². The molecule has 0 aliphatic heterocycles. The van der Waals surface area contributed by atoms with E-state index in [1.54, 1.807) is 13.0 Å². The molecule has 76 valence electrons. The van der Waals surface area contributed by atoms with Gasteiger partial charge in [0.15, 0.2) is 0 Å². The number of anilines is 1. The van der Waals surface area contributed by atoms with E-state index in [1.165, 1.54) is 12.1 Å². The van der Waals surface area contributed by atoms with Crippen LogP contribution in [0.4, 0.5) is 10.3 Å². The second-order valence-corrected chi connectivity index (χ2v) is 3.03. The average molecular weight is 203 g/mol. The van der Waals surface area contributed by atoms with Crippen LogP contribution < -0.4 is 5.32 Å². The number of hydrogen-bond acceptors (Lipinski definition) is 2. The number of hydrogen-bond donors (Lipinski definition) is 2. The second kappa shape index (κ2) is 4.01. The lowest BCUT2D eigenvalue weighted by Crippen LogP contribution is -1.99. The van der Waals surface area contributed by atoms with Crippen LogP contribution >= 0.6 is 0 Å². The Morgan fingerprint density at radius 2 is 2.40 bits per heavy atom. The molecule has 0 radical (unpaired) electrons. The number of H-pyrrole nitrogens is 1. The fraction of sp³-hybridized carbons (Fsp3) is 0.182. The molecule has 0 aliphatic carbocycles. The Bertz CT molecular complexity index is 533. The quantitative estimate of drug-likeness (QED) is 0.734. The van der Waals surface area contributed by atoms with Crippen LogP contribution in [-0.2, 0) is 0 Å². The summed E-state index contributed by atoms with van der Waals surface area (Å²) >= 11 is 0. The van der Waals surface area contributed by atoms with E-state index in [4.69, 9.17) is 0 Å². The fourth-order valence-corrected chi connectivity index (χ4v) is 1.28. The molecular weight excluding hydrogens is 193 g/mol. The zero-order valence-electron chi connectivity index (χ0n) is 8.26. The molecule has 4 heteroatoms. The van der Waals surface area contributed by atoms with Crippen molar-refractivity contribution in [3.8, 4) is 11.8 Å². The van der Waals surface area contributed by atoms with Gasteiger partial charge in [-0.3, -0.25) is 0 Å². The molecule has 0 fully saturated rings. The van der Waals surface area contributed by atoms with E-state index < -0.39 is 0 Å². The summed E-state index contributed by atoms with van der Waals surface area (Å²) in [6.45, 7) is 2.30. The van der Waals surface area contributed by atoms with Crippen LogP contribution in [0.1, 0.15) is 6.92 Å². The molecule has 0 unspecified atom stereocenters. The van der Waals surface area contributed by atoms with Crippen molar-refractivity contribution in [1.82, 2.24) is 9.97 Å². The summed E-state index contributed by atoms with van der Waals surface area (Å²) in [6, 6.07) is 4.44. The molecule has 0 aliphatic rings. The van der Waals surface area contributed by atoms with Crippen LogP contribution in [0.25, 0.3) is 11.0 Å². The Morgan fingerprint density at radius 1 is 1.53 bits per heavy atom. The number of rotatable bonds is 2. The van der Waals surface area contributed by atoms with Crippen molar-refractivity contribution in [1.29, 1.82) is 0 Å². The molecule has 2 N–H and O–H groups in total. The van der Waals surface area contributed by atoms with E-state index in [-0.39, 0.29) is 5.82 Å². The van der Waals surface area contributed by atoms with Crippen LogP contribution in [0, 0.1) is 17.7 Å². The molecular formula is C11H10FN3. The maximum Gasteiger partial charge on any atom is 0.201 e. The van der Waals surface area contributed by atoms with Crippen molar-refractivity contribution in [2.24, 2.45) is 0 Å². The third kappa shape index (κ3) is 2.08. The lowest BCUT2D eigenvalue weighted by atomic mass is 10.3. The van der Waals surface area contributed by atoms with Gasteiger partial charge in [0.05, 0.1) is 17.6 Å². The highest BCUT2D eigenvalue weighted by Crippen LogP contribution is 2.14. The molecule has 0 spiro atoms. The number of halogens is 1. The van der Waals surface area contributed by atoms with Crippen LogP contribution in [0.5, 0.6) is 0 Å². The highest BCUT2D eigenvalue weighted by molar-refractivity contribution is 5.77. The summed E-state index contributed by atoms with van der Waals surface area (Å²) in [5.41, 5.74) is 1.42. The third-order valence-corrected chi connectivity index (χ3v) is 1.96. The maximum atomic E-state index is 12.9. The molecule has 2 rings (SSSR count). The van der Waals surface area contributed by atoms with Crippen LogP contribution in [0.15, 0.2) is 18.2 Å². The normalized spacial score (nSPS) is 9.73. The number of aromatic nitrogens is 2. The van der Waals surface area contributed by atoms with Crippen LogP contribution in [0.3, 0.4) is 0 Å². The topological polar surface area (TPSA) is 40.7 Å². The maximum absolute atomic E-state index is 12.9. The number of nitrogens with zero attached hydrogens (tertiary/aromatic N) is 1. The lowest BCUT2D eigenvalue weighted by molar-refractivity contribution is 0.629. The fourth-order valence-electron chi connectivity index (χ4n) is 1.28. The molecule has 0 saturated carbocycles. The molecule has 15 heavy (non-hydrogen) atoms. The van der Waals surface area contributed by atoms with Crippen molar-refractivity contribution in [2.45, 2.75) is 6.92 Å². The Hall–Kier alpha value is -2.02. The SMILES string of the molecule is CC#CCNc1nc2ccc(F)cc2[nH]1. The second-order valence-electron chi connectivity index (χ2n) is 3.03. The Balaban J connectivity index is 2.25. The first kappa shape index (κ1) is 9.53. The Kier molecular flexibility index (Phi) is 2.55. The molecule has 0 amide bonds. The van der Waals surface area contributed by atoms with Gasteiger partial charge in [-0.2, -0.15) is 0 Å². The first-order valence-electron chi connectivity index (χ1n) is 4.58.